The summed E-state index contributed by atoms with van der Waals surface area (Å²) >= 11 is 5.14. The number of thiocarbonyl (C=S) groups is 1. The van der Waals surface area contributed by atoms with Crippen molar-refractivity contribution in [2.75, 3.05) is 0 Å². The molecule has 0 saturated heterocycles. The van der Waals surface area contributed by atoms with Gasteiger partial charge in [0.25, 0.3) is 0 Å². The standard InChI is InChI=1S/C16H24N2OS/c17-15(20)14(10-1-2-10)18-16(19)13-11-4-8-3-9(6-11)7-12(13)5-8/h8-14H,1-7H2,(H2,17,20)(H,18,19). The summed E-state index contributed by atoms with van der Waals surface area (Å²) in [6.45, 7) is 0. The largest absolute Gasteiger partial charge is 0.392 e. The molecule has 0 radical (unpaired) electrons. The molecule has 0 aromatic heterocycles. The Labute approximate surface area is 126 Å². The van der Waals surface area contributed by atoms with Crippen LogP contribution in [0.4, 0.5) is 0 Å². The fourth-order valence-corrected chi connectivity index (χ4v) is 5.71. The molecule has 1 amide bonds. The van der Waals surface area contributed by atoms with Crippen LogP contribution >= 0.6 is 12.2 Å². The molecule has 5 aliphatic rings. The summed E-state index contributed by atoms with van der Waals surface area (Å²) < 4.78 is 0. The molecule has 4 bridgehead atoms. The lowest BCUT2D eigenvalue weighted by molar-refractivity contribution is -0.138. The van der Waals surface area contributed by atoms with E-state index < -0.39 is 0 Å². The molecular formula is C16H24N2OS. The summed E-state index contributed by atoms with van der Waals surface area (Å²) in [6.07, 6.45) is 8.88. The van der Waals surface area contributed by atoms with Gasteiger partial charge in [0.15, 0.2) is 0 Å². The number of carbonyl (C=O) groups excluding carboxylic acids is 1. The predicted octanol–water partition coefficient (Wildman–Crippen LogP) is 2.24. The van der Waals surface area contributed by atoms with Gasteiger partial charge in [-0.15, -0.1) is 0 Å². The Morgan fingerprint density at radius 3 is 2.05 bits per heavy atom. The highest BCUT2D eigenvalue weighted by atomic mass is 32.1. The van der Waals surface area contributed by atoms with Crippen LogP contribution in [0.15, 0.2) is 0 Å². The van der Waals surface area contributed by atoms with Gasteiger partial charge in [0, 0.05) is 5.92 Å². The highest BCUT2D eigenvalue weighted by Gasteiger charge is 2.51. The van der Waals surface area contributed by atoms with Crippen LogP contribution in [0.25, 0.3) is 0 Å². The van der Waals surface area contributed by atoms with Gasteiger partial charge < -0.3 is 11.1 Å². The van der Waals surface area contributed by atoms with Crippen molar-refractivity contribution in [2.45, 2.75) is 51.0 Å². The molecule has 0 aromatic rings. The van der Waals surface area contributed by atoms with Crippen molar-refractivity contribution in [3.63, 3.8) is 0 Å². The van der Waals surface area contributed by atoms with Crippen molar-refractivity contribution in [3.8, 4) is 0 Å². The zero-order valence-corrected chi connectivity index (χ0v) is 12.7. The van der Waals surface area contributed by atoms with Gasteiger partial charge in [-0.05, 0) is 74.5 Å². The van der Waals surface area contributed by atoms with E-state index in [1.54, 1.807) is 0 Å². The molecule has 3 N–H and O–H groups in total. The van der Waals surface area contributed by atoms with Crippen LogP contribution in [0, 0.1) is 35.5 Å². The second-order valence-electron chi connectivity index (χ2n) is 7.68. The Morgan fingerprint density at radius 1 is 1.05 bits per heavy atom. The number of nitrogens with two attached hydrogens (primary N) is 1. The number of rotatable bonds is 4. The first-order valence-corrected chi connectivity index (χ1v) is 8.62. The summed E-state index contributed by atoms with van der Waals surface area (Å²) in [5, 5.41) is 3.20. The molecule has 4 heteroatoms. The van der Waals surface area contributed by atoms with Gasteiger partial charge in [-0.1, -0.05) is 12.2 Å². The van der Waals surface area contributed by atoms with E-state index in [2.05, 4.69) is 5.32 Å². The second kappa shape index (κ2) is 4.69. The zero-order valence-electron chi connectivity index (χ0n) is 11.9. The maximum Gasteiger partial charge on any atom is 0.224 e. The molecule has 3 nitrogen and oxygen atoms in total. The average Bonchev–Trinajstić information content (AvgIpc) is 3.18. The van der Waals surface area contributed by atoms with Gasteiger partial charge in [-0.2, -0.15) is 0 Å². The topological polar surface area (TPSA) is 55.1 Å². The first-order chi connectivity index (χ1) is 9.61. The molecule has 0 aromatic carbocycles. The molecule has 0 heterocycles. The Morgan fingerprint density at radius 2 is 1.60 bits per heavy atom. The summed E-state index contributed by atoms with van der Waals surface area (Å²) in [6, 6.07) is -0.0466. The van der Waals surface area contributed by atoms with Crippen LogP contribution in [-0.4, -0.2) is 16.9 Å². The van der Waals surface area contributed by atoms with Crippen LogP contribution in [-0.2, 0) is 4.79 Å². The molecule has 5 aliphatic carbocycles. The van der Waals surface area contributed by atoms with Gasteiger partial charge >= 0.3 is 0 Å². The maximum absolute atomic E-state index is 12.8. The van der Waals surface area contributed by atoms with Crippen molar-refractivity contribution in [2.24, 2.45) is 41.2 Å². The first-order valence-electron chi connectivity index (χ1n) is 8.21. The van der Waals surface area contributed by atoms with Crippen molar-refractivity contribution < 1.29 is 4.79 Å². The third-order valence-electron chi connectivity index (χ3n) is 6.23. The fraction of sp³-hybridized carbons (Fsp3) is 0.875. The highest BCUT2D eigenvalue weighted by Crippen LogP contribution is 2.56. The average molecular weight is 292 g/mol. The van der Waals surface area contributed by atoms with E-state index >= 15 is 0 Å². The van der Waals surface area contributed by atoms with Crippen LogP contribution in [0.3, 0.4) is 0 Å². The minimum absolute atomic E-state index is 0.0466. The minimum atomic E-state index is -0.0466. The highest BCUT2D eigenvalue weighted by molar-refractivity contribution is 7.80. The Bertz CT molecular complexity index is 418. The monoisotopic (exact) mass is 292 g/mol. The third-order valence-corrected chi connectivity index (χ3v) is 6.48. The van der Waals surface area contributed by atoms with Crippen LogP contribution in [0.1, 0.15) is 44.9 Å². The normalized spacial score (nSPS) is 43.3. The van der Waals surface area contributed by atoms with Crippen LogP contribution in [0.2, 0.25) is 0 Å². The van der Waals surface area contributed by atoms with Crippen LogP contribution < -0.4 is 11.1 Å². The van der Waals surface area contributed by atoms with E-state index in [1.165, 1.54) is 32.1 Å². The lowest BCUT2D eigenvalue weighted by atomic mass is 9.51. The van der Waals surface area contributed by atoms with Gasteiger partial charge in [0.2, 0.25) is 5.91 Å². The van der Waals surface area contributed by atoms with Gasteiger partial charge in [0.05, 0.1) is 11.0 Å². The molecule has 5 fully saturated rings. The molecule has 110 valence electrons. The Hall–Kier alpha value is -0.640. The molecule has 0 spiro atoms. The van der Waals surface area contributed by atoms with Gasteiger partial charge in [0.1, 0.15) is 0 Å². The summed E-state index contributed by atoms with van der Waals surface area (Å²) in [7, 11) is 0. The molecule has 0 aliphatic heterocycles. The minimum Gasteiger partial charge on any atom is -0.392 e. The number of nitrogens with one attached hydrogen (secondary N) is 1. The first kappa shape index (κ1) is 13.1. The number of amides is 1. The third kappa shape index (κ3) is 2.16. The van der Waals surface area contributed by atoms with E-state index in [1.807, 2.05) is 0 Å². The Kier molecular flexibility index (Phi) is 3.06. The SMILES string of the molecule is NC(=S)C(NC(=O)C1C2CC3CC(C2)CC1C3)C1CC1. The van der Waals surface area contributed by atoms with E-state index in [4.69, 9.17) is 18.0 Å². The molecule has 1 atom stereocenters. The van der Waals surface area contributed by atoms with Crippen molar-refractivity contribution in [1.29, 1.82) is 0 Å². The fourth-order valence-electron chi connectivity index (χ4n) is 5.45. The molecule has 1 unspecified atom stereocenters. The molecule has 5 saturated carbocycles. The molecule has 20 heavy (non-hydrogen) atoms. The Balaban J connectivity index is 1.47. The molecular weight excluding hydrogens is 268 g/mol. The number of hydrogen-bond donors (Lipinski definition) is 2. The zero-order chi connectivity index (χ0) is 13.9. The van der Waals surface area contributed by atoms with E-state index in [-0.39, 0.29) is 17.9 Å². The smallest absolute Gasteiger partial charge is 0.224 e. The quantitative estimate of drug-likeness (QED) is 0.781. The summed E-state index contributed by atoms with van der Waals surface area (Å²) in [5.41, 5.74) is 5.82. The van der Waals surface area contributed by atoms with E-state index in [0.29, 0.717) is 22.7 Å². The lowest BCUT2D eigenvalue weighted by Gasteiger charge is -2.53. The second-order valence-corrected chi connectivity index (χ2v) is 8.15. The molecule has 5 rings (SSSR count). The van der Waals surface area contributed by atoms with Crippen molar-refractivity contribution in [3.05, 3.63) is 0 Å². The number of hydrogen-bond acceptors (Lipinski definition) is 2. The van der Waals surface area contributed by atoms with Gasteiger partial charge in [-0.25, -0.2) is 0 Å². The number of carbonyl (C=O) groups is 1. The maximum atomic E-state index is 12.8. The predicted molar refractivity (Wildman–Crippen MR) is 82.0 cm³/mol. The van der Waals surface area contributed by atoms with E-state index in [0.717, 1.165) is 24.7 Å². The van der Waals surface area contributed by atoms with Crippen molar-refractivity contribution in [1.82, 2.24) is 5.32 Å². The van der Waals surface area contributed by atoms with Crippen LogP contribution in [0.5, 0.6) is 0 Å². The lowest BCUT2D eigenvalue weighted by Crippen LogP contribution is -2.54. The van der Waals surface area contributed by atoms with Gasteiger partial charge in [-0.3, -0.25) is 4.79 Å². The summed E-state index contributed by atoms with van der Waals surface area (Å²) in [4.78, 5) is 13.2. The summed E-state index contributed by atoms with van der Waals surface area (Å²) in [5.74, 6) is 4.11. The van der Waals surface area contributed by atoms with Crippen molar-refractivity contribution >= 4 is 23.1 Å². The van der Waals surface area contributed by atoms with E-state index in [9.17, 15) is 4.79 Å².